The standard InChI is InChI=1S/C16H20N2O2/c1-10(2)18(9-11-4-5-11)12-6-7-13-14(8-12)17(3)16(20)15(13)19/h6-8,10-11H,4-5,9H2,1-3H3. The third-order valence-corrected chi connectivity index (χ3v) is 4.19. The van der Waals surface area contributed by atoms with Gasteiger partial charge in [-0.3, -0.25) is 9.59 Å². The van der Waals surface area contributed by atoms with Gasteiger partial charge >= 0.3 is 0 Å². The number of ketones is 1. The van der Waals surface area contributed by atoms with Gasteiger partial charge in [-0.05, 0) is 50.8 Å². The Morgan fingerprint density at radius 1 is 1.30 bits per heavy atom. The first-order chi connectivity index (χ1) is 9.49. The number of amides is 1. The van der Waals surface area contributed by atoms with Gasteiger partial charge in [-0.2, -0.15) is 0 Å². The second-order valence-electron chi connectivity index (χ2n) is 6.08. The molecule has 0 radical (unpaired) electrons. The summed E-state index contributed by atoms with van der Waals surface area (Å²) in [5, 5.41) is 0. The van der Waals surface area contributed by atoms with Crippen molar-refractivity contribution in [2.45, 2.75) is 32.7 Å². The van der Waals surface area contributed by atoms with Crippen LogP contribution in [0.25, 0.3) is 0 Å². The zero-order valence-electron chi connectivity index (χ0n) is 12.2. The van der Waals surface area contributed by atoms with Crippen LogP contribution < -0.4 is 9.80 Å². The third-order valence-electron chi connectivity index (χ3n) is 4.19. The molecule has 1 aromatic carbocycles. The maximum Gasteiger partial charge on any atom is 0.299 e. The fourth-order valence-corrected chi connectivity index (χ4v) is 2.74. The van der Waals surface area contributed by atoms with E-state index in [1.165, 1.54) is 17.7 Å². The van der Waals surface area contributed by atoms with Crippen molar-refractivity contribution in [2.75, 3.05) is 23.4 Å². The van der Waals surface area contributed by atoms with Crippen molar-refractivity contribution >= 4 is 23.1 Å². The summed E-state index contributed by atoms with van der Waals surface area (Å²) in [4.78, 5) is 27.3. The van der Waals surface area contributed by atoms with Gasteiger partial charge in [-0.15, -0.1) is 0 Å². The van der Waals surface area contributed by atoms with Crippen molar-refractivity contribution in [1.29, 1.82) is 0 Å². The minimum Gasteiger partial charge on any atom is -0.369 e. The van der Waals surface area contributed by atoms with E-state index in [9.17, 15) is 9.59 Å². The van der Waals surface area contributed by atoms with Gasteiger partial charge in [-0.1, -0.05) is 0 Å². The van der Waals surface area contributed by atoms with Gasteiger partial charge in [0, 0.05) is 25.3 Å². The summed E-state index contributed by atoms with van der Waals surface area (Å²) in [6.45, 7) is 5.41. The topological polar surface area (TPSA) is 40.6 Å². The van der Waals surface area contributed by atoms with Gasteiger partial charge in [0.15, 0.2) is 0 Å². The molecule has 0 saturated heterocycles. The maximum absolute atomic E-state index is 11.8. The van der Waals surface area contributed by atoms with Crippen molar-refractivity contribution in [3.05, 3.63) is 23.8 Å². The van der Waals surface area contributed by atoms with Gasteiger partial charge in [-0.25, -0.2) is 0 Å². The Morgan fingerprint density at radius 2 is 2.00 bits per heavy atom. The van der Waals surface area contributed by atoms with E-state index in [0.717, 1.165) is 23.8 Å². The van der Waals surface area contributed by atoms with Crippen LogP contribution in [0.15, 0.2) is 18.2 Å². The lowest BCUT2D eigenvalue weighted by Crippen LogP contribution is -2.32. The van der Waals surface area contributed by atoms with E-state index >= 15 is 0 Å². The molecule has 0 aromatic heterocycles. The molecule has 0 N–H and O–H groups in total. The molecule has 4 heteroatoms. The van der Waals surface area contributed by atoms with Crippen LogP contribution >= 0.6 is 0 Å². The molecule has 1 heterocycles. The molecule has 0 atom stereocenters. The quantitative estimate of drug-likeness (QED) is 0.791. The summed E-state index contributed by atoms with van der Waals surface area (Å²) in [6, 6.07) is 6.13. The van der Waals surface area contributed by atoms with Crippen molar-refractivity contribution in [1.82, 2.24) is 0 Å². The van der Waals surface area contributed by atoms with Crippen molar-refractivity contribution in [2.24, 2.45) is 5.92 Å². The van der Waals surface area contributed by atoms with Crippen molar-refractivity contribution < 1.29 is 9.59 Å². The van der Waals surface area contributed by atoms with Crippen LogP contribution in [0, 0.1) is 5.92 Å². The molecule has 20 heavy (non-hydrogen) atoms. The first-order valence-corrected chi connectivity index (χ1v) is 7.22. The minimum atomic E-state index is -0.435. The first kappa shape index (κ1) is 13.2. The molecule has 3 rings (SSSR count). The Hall–Kier alpha value is -1.84. The molecule has 1 fully saturated rings. The van der Waals surface area contributed by atoms with E-state index in [1.807, 2.05) is 12.1 Å². The van der Waals surface area contributed by atoms with E-state index in [1.54, 1.807) is 13.1 Å². The zero-order valence-corrected chi connectivity index (χ0v) is 12.2. The van der Waals surface area contributed by atoms with Gasteiger partial charge < -0.3 is 9.80 Å². The largest absolute Gasteiger partial charge is 0.369 e. The van der Waals surface area contributed by atoms with Crippen LogP contribution in [0.1, 0.15) is 37.0 Å². The summed E-state index contributed by atoms with van der Waals surface area (Å²) in [5.74, 6) is -0.0329. The van der Waals surface area contributed by atoms with Crippen molar-refractivity contribution in [3.8, 4) is 0 Å². The zero-order chi connectivity index (χ0) is 14.4. The van der Waals surface area contributed by atoms with Crippen molar-refractivity contribution in [3.63, 3.8) is 0 Å². The molecule has 106 valence electrons. The molecule has 1 aliphatic carbocycles. The number of likely N-dealkylation sites (N-methyl/N-ethyl adjacent to an activating group) is 1. The second kappa shape index (κ2) is 4.62. The normalized spacial score (nSPS) is 17.9. The maximum atomic E-state index is 11.8. The number of hydrogen-bond donors (Lipinski definition) is 0. The average Bonchev–Trinajstić information content (AvgIpc) is 3.22. The number of nitrogens with zero attached hydrogens (tertiary/aromatic N) is 2. The molecule has 0 bridgehead atoms. The Labute approximate surface area is 119 Å². The molecule has 2 aliphatic rings. The highest BCUT2D eigenvalue weighted by molar-refractivity contribution is 6.52. The number of anilines is 2. The Morgan fingerprint density at radius 3 is 2.60 bits per heavy atom. The van der Waals surface area contributed by atoms with Crippen LogP contribution in [-0.4, -0.2) is 31.3 Å². The number of fused-ring (bicyclic) bond motifs is 1. The molecule has 1 aliphatic heterocycles. The van der Waals surface area contributed by atoms with Crippen LogP contribution in [0.4, 0.5) is 11.4 Å². The molecule has 1 aromatic rings. The summed E-state index contributed by atoms with van der Waals surface area (Å²) < 4.78 is 0. The van der Waals surface area contributed by atoms with Crippen LogP contribution in [0.2, 0.25) is 0 Å². The highest BCUT2D eigenvalue weighted by Gasteiger charge is 2.34. The number of Topliss-reactive ketones (excluding diaryl/α,β-unsaturated/α-hetero) is 1. The Balaban J connectivity index is 1.95. The number of rotatable bonds is 4. The molecular weight excluding hydrogens is 252 g/mol. The Bertz CT molecular complexity index is 576. The molecular formula is C16H20N2O2. The molecule has 1 saturated carbocycles. The summed E-state index contributed by atoms with van der Waals surface area (Å²) >= 11 is 0. The van der Waals surface area contributed by atoms with Crippen LogP contribution in [0.3, 0.4) is 0 Å². The summed E-state index contributed by atoms with van der Waals surface area (Å²) in [7, 11) is 1.66. The fourth-order valence-electron chi connectivity index (χ4n) is 2.74. The lowest BCUT2D eigenvalue weighted by molar-refractivity contribution is -0.114. The lowest BCUT2D eigenvalue weighted by atomic mass is 10.1. The summed E-state index contributed by atoms with van der Waals surface area (Å²) in [6.07, 6.45) is 2.62. The Kier molecular flexibility index (Phi) is 3.04. The molecule has 4 nitrogen and oxygen atoms in total. The highest BCUT2D eigenvalue weighted by Crippen LogP contribution is 2.36. The van der Waals surface area contributed by atoms with Gasteiger partial charge in [0.25, 0.3) is 11.7 Å². The first-order valence-electron chi connectivity index (χ1n) is 7.22. The number of hydrogen-bond acceptors (Lipinski definition) is 3. The van der Waals surface area contributed by atoms with E-state index in [2.05, 4.69) is 18.7 Å². The minimum absolute atomic E-state index is 0.396. The van der Waals surface area contributed by atoms with E-state index in [0.29, 0.717) is 11.6 Å². The third kappa shape index (κ3) is 2.09. The number of carbonyl (C=O) groups is 2. The lowest BCUT2D eigenvalue weighted by Gasteiger charge is -2.29. The van der Waals surface area contributed by atoms with E-state index < -0.39 is 11.7 Å². The highest BCUT2D eigenvalue weighted by atomic mass is 16.2. The predicted molar refractivity (Wildman–Crippen MR) is 79.4 cm³/mol. The van der Waals surface area contributed by atoms with E-state index in [-0.39, 0.29) is 0 Å². The fraction of sp³-hybridized carbons (Fsp3) is 0.500. The van der Waals surface area contributed by atoms with Gasteiger partial charge in [0.05, 0.1) is 11.3 Å². The summed E-state index contributed by atoms with van der Waals surface area (Å²) in [5.41, 5.74) is 2.36. The average molecular weight is 272 g/mol. The predicted octanol–water partition coefficient (Wildman–Crippen LogP) is 2.47. The monoisotopic (exact) mass is 272 g/mol. The smallest absolute Gasteiger partial charge is 0.299 e. The van der Waals surface area contributed by atoms with Gasteiger partial charge in [0.2, 0.25) is 0 Å². The van der Waals surface area contributed by atoms with Crippen LogP contribution in [0.5, 0.6) is 0 Å². The van der Waals surface area contributed by atoms with Crippen LogP contribution in [-0.2, 0) is 4.79 Å². The second-order valence-corrected chi connectivity index (χ2v) is 6.08. The number of benzene rings is 1. The molecule has 0 unspecified atom stereocenters. The van der Waals surface area contributed by atoms with E-state index in [4.69, 9.17) is 0 Å². The number of carbonyl (C=O) groups excluding carboxylic acids is 2. The molecule has 1 amide bonds. The SMILES string of the molecule is CC(C)N(CC1CC1)c1ccc2c(c1)N(C)C(=O)C2=O. The van der Waals surface area contributed by atoms with Gasteiger partial charge in [0.1, 0.15) is 0 Å². The molecule has 0 spiro atoms.